The van der Waals surface area contributed by atoms with Gasteiger partial charge in [-0.05, 0) is 43.0 Å². The molecule has 3 atom stereocenters. The molecule has 9 heteroatoms. The number of nitrogens with zero attached hydrogens (tertiary/aromatic N) is 1. The van der Waals surface area contributed by atoms with Crippen molar-refractivity contribution in [1.82, 2.24) is 0 Å². The second kappa shape index (κ2) is 9.59. The summed E-state index contributed by atoms with van der Waals surface area (Å²) in [6, 6.07) is 2.19. The van der Waals surface area contributed by atoms with Crippen LogP contribution in [0.15, 0.2) is 11.8 Å². The number of hydrogen-bond acceptors (Lipinski definition) is 7. The van der Waals surface area contributed by atoms with Gasteiger partial charge in [0.05, 0.1) is 32.2 Å². The molecule has 186 valence electrons. The van der Waals surface area contributed by atoms with Crippen LogP contribution in [0.5, 0.6) is 0 Å². The Hall–Kier alpha value is -1.56. The van der Waals surface area contributed by atoms with Gasteiger partial charge < -0.3 is 18.6 Å². The van der Waals surface area contributed by atoms with Crippen LogP contribution in [0, 0.1) is 22.7 Å². The minimum Gasteiger partial charge on any atom is -0.501 e. The van der Waals surface area contributed by atoms with Crippen molar-refractivity contribution in [1.29, 1.82) is 5.26 Å². The van der Waals surface area contributed by atoms with Crippen molar-refractivity contribution in [3.63, 3.8) is 0 Å². The standard InChI is InChI=1S/C24H38ClNO6Si/c1-10-30-20(27)24(21(28)31-11-2)18-12-22(25,14-26)23(24,13-19(18)29-9)32-33(15(3)4,16(5)6)17(7)8/h13,15-18H,10-12H2,1-9H3/t18-,22-,23+/m1/s1. The first kappa shape index (κ1) is 27.7. The van der Waals surface area contributed by atoms with Crippen molar-refractivity contribution < 1.29 is 28.2 Å². The summed E-state index contributed by atoms with van der Waals surface area (Å²) in [6.45, 7) is 16.0. The van der Waals surface area contributed by atoms with Gasteiger partial charge in [0.15, 0.2) is 4.87 Å². The third-order valence-electron chi connectivity index (χ3n) is 7.52. The molecule has 0 amide bonds. The normalized spacial score (nSPS) is 28.1. The highest BCUT2D eigenvalue weighted by molar-refractivity contribution is 6.77. The number of carbonyl (C=O) groups excluding carboxylic acids is 2. The van der Waals surface area contributed by atoms with Crippen LogP contribution < -0.4 is 0 Å². The maximum Gasteiger partial charge on any atom is 0.327 e. The minimum atomic E-state index is -2.78. The second-order valence-electron chi connectivity index (χ2n) is 9.82. The molecule has 0 aliphatic heterocycles. The van der Waals surface area contributed by atoms with Gasteiger partial charge in [-0.25, -0.2) is 0 Å². The van der Waals surface area contributed by atoms with Crippen molar-refractivity contribution in [2.24, 2.45) is 11.3 Å². The third-order valence-corrected chi connectivity index (χ3v) is 14.1. The van der Waals surface area contributed by atoms with Crippen molar-refractivity contribution in [2.45, 2.75) is 88.9 Å². The SMILES string of the molecule is CCOC(=O)C1(C(=O)OCC)[C@@H]2C[C@@](Cl)(C#N)[C@@]1(O[Si](C(C)C)(C(C)C)C(C)C)C=C2OC. The molecular weight excluding hydrogens is 462 g/mol. The van der Waals surface area contributed by atoms with Crippen LogP contribution in [0.1, 0.15) is 61.8 Å². The molecule has 7 nitrogen and oxygen atoms in total. The van der Waals surface area contributed by atoms with Crippen LogP contribution in [0.2, 0.25) is 16.6 Å². The average Bonchev–Trinajstić information content (AvgIpc) is 3.14. The summed E-state index contributed by atoms with van der Waals surface area (Å²) >= 11 is 7.04. The zero-order valence-corrected chi connectivity index (χ0v) is 23.0. The zero-order valence-electron chi connectivity index (χ0n) is 21.3. The number of alkyl halides is 1. The molecule has 1 saturated carbocycles. The molecule has 2 aliphatic carbocycles. The van der Waals surface area contributed by atoms with E-state index in [-0.39, 0.29) is 36.3 Å². The van der Waals surface area contributed by atoms with Crippen LogP contribution >= 0.6 is 11.6 Å². The number of methoxy groups -OCH3 is 1. The summed E-state index contributed by atoms with van der Waals surface area (Å²) < 4.78 is 23.7. The topological polar surface area (TPSA) is 94.9 Å². The van der Waals surface area contributed by atoms with Gasteiger partial charge in [-0.1, -0.05) is 53.1 Å². The number of ether oxygens (including phenoxy) is 3. The molecule has 0 heterocycles. The summed E-state index contributed by atoms with van der Waals surface area (Å²) in [5.74, 6) is -2.04. The number of allylic oxidation sites excluding steroid dienone is 1. The summed E-state index contributed by atoms with van der Waals surface area (Å²) in [5.41, 5.74) is -3.46. The van der Waals surface area contributed by atoms with Crippen LogP contribution in [-0.2, 0) is 28.2 Å². The Morgan fingerprint density at radius 2 is 1.55 bits per heavy atom. The van der Waals surface area contributed by atoms with Crippen molar-refractivity contribution in [2.75, 3.05) is 20.3 Å². The predicted molar refractivity (Wildman–Crippen MR) is 128 cm³/mol. The van der Waals surface area contributed by atoms with Gasteiger partial charge in [0.1, 0.15) is 5.60 Å². The second-order valence-corrected chi connectivity index (χ2v) is 15.8. The fourth-order valence-electron chi connectivity index (χ4n) is 6.31. The van der Waals surface area contributed by atoms with Crippen molar-refractivity contribution >= 4 is 31.9 Å². The number of halogens is 1. The van der Waals surface area contributed by atoms with Gasteiger partial charge in [0.25, 0.3) is 0 Å². The first-order valence-electron chi connectivity index (χ1n) is 11.7. The van der Waals surface area contributed by atoms with E-state index in [2.05, 4.69) is 47.6 Å². The Morgan fingerprint density at radius 1 is 1.09 bits per heavy atom. The molecule has 0 aromatic carbocycles. The van der Waals surface area contributed by atoms with E-state index in [1.807, 2.05) is 0 Å². The Bertz CT molecular complexity index is 811. The molecule has 0 saturated heterocycles. The molecule has 2 bridgehead atoms. The van der Waals surface area contributed by atoms with Gasteiger partial charge >= 0.3 is 11.9 Å². The van der Waals surface area contributed by atoms with E-state index in [1.54, 1.807) is 19.9 Å². The lowest BCUT2D eigenvalue weighted by Crippen LogP contribution is -2.68. The molecule has 0 radical (unpaired) electrons. The summed E-state index contributed by atoms with van der Waals surface area (Å²) in [4.78, 5) is 25.8. The van der Waals surface area contributed by atoms with Crippen molar-refractivity contribution in [3.05, 3.63) is 11.8 Å². The maximum absolute atomic E-state index is 13.8. The molecule has 2 rings (SSSR count). The Balaban J connectivity index is 3.01. The first-order valence-corrected chi connectivity index (χ1v) is 14.3. The molecule has 0 aromatic heterocycles. The quantitative estimate of drug-likeness (QED) is 0.179. The number of esters is 2. The Kier molecular flexibility index (Phi) is 8.05. The van der Waals surface area contributed by atoms with E-state index in [0.29, 0.717) is 5.76 Å². The summed E-state index contributed by atoms with van der Waals surface area (Å²) in [6.07, 6.45) is 1.60. The van der Waals surface area contributed by atoms with Gasteiger partial charge in [-0.3, -0.25) is 9.59 Å². The van der Waals surface area contributed by atoms with E-state index in [0.717, 1.165) is 0 Å². The van der Waals surface area contributed by atoms with Gasteiger partial charge in [-0.15, -0.1) is 0 Å². The number of hydrogen-bond donors (Lipinski definition) is 0. The number of fused-ring (bicyclic) bond motifs is 2. The van der Waals surface area contributed by atoms with Gasteiger partial charge in [-0.2, -0.15) is 5.26 Å². The van der Waals surface area contributed by atoms with Crippen LogP contribution in [0.25, 0.3) is 0 Å². The smallest absolute Gasteiger partial charge is 0.327 e. The molecule has 1 fully saturated rings. The average molecular weight is 500 g/mol. The van der Waals surface area contributed by atoms with Crippen LogP contribution in [0.4, 0.5) is 0 Å². The molecule has 0 N–H and O–H groups in total. The zero-order chi connectivity index (χ0) is 25.4. The molecule has 33 heavy (non-hydrogen) atoms. The largest absolute Gasteiger partial charge is 0.501 e. The number of rotatable bonds is 10. The fourth-order valence-corrected chi connectivity index (χ4v) is 12.4. The van der Waals surface area contributed by atoms with Gasteiger partial charge in [0.2, 0.25) is 13.7 Å². The fraction of sp³-hybridized carbons (Fsp3) is 0.792. The third kappa shape index (κ3) is 3.54. The van der Waals surface area contributed by atoms with E-state index < -0.39 is 42.1 Å². The molecular formula is C24H38ClNO6Si. The highest BCUT2D eigenvalue weighted by atomic mass is 35.5. The Morgan fingerprint density at radius 3 is 1.88 bits per heavy atom. The lowest BCUT2D eigenvalue weighted by atomic mass is 9.71. The van der Waals surface area contributed by atoms with Crippen molar-refractivity contribution in [3.8, 4) is 6.07 Å². The van der Waals surface area contributed by atoms with E-state index in [4.69, 9.17) is 30.2 Å². The van der Waals surface area contributed by atoms with E-state index >= 15 is 0 Å². The number of carbonyl (C=O) groups is 2. The number of nitriles is 1. The van der Waals surface area contributed by atoms with E-state index in [1.165, 1.54) is 7.11 Å². The Labute approximate surface area is 203 Å². The highest BCUT2D eigenvalue weighted by Gasteiger charge is 2.85. The molecule has 0 unspecified atom stereocenters. The van der Waals surface area contributed by atoms with Crippen LogP contribution in [0.3, 0.4) is 0 Å². The summed E-state index contributed by atoms with van der Waals surface area (Å²) in [5, 5.41) is 10.3. The molecule has 2 aliphatic rings. The minimum absolute atomic E-state index is 0.00111. The lowest BCUT2D eigenvalue weighted by Gasteiger charge is -2.52. The molecule has 0 spiro atoms. The monoisotopic (exact) mass is 499 g/mol. The van der Waals surface area contributed by atoms with Crippen LogP contribution in [-0.4, -0.2) is 51.1 Å². The maximum atomic E-state index is 13.8. The first-order chi connectivity index (χ1) is 15.3. The molecule has 0 aromatic rings. The lowest BCUT2D eigenvalue weighted by molar-refractivity contribution is -0.186. The highest BCUT2D eigenvalue weighted by Crippen LogP contribution is 2.70. The summed E-state index contributed by atoms with van der Waals surface area (Å²) in [7, 11) is -1.31. The van der Waals surface area contributed by atoms with E-state index in [9.17, 15) is 14.9 Å². The van der Waals surface area contributed by atoms with Gasteiger partial charge in [0, 0.05) is 5.92 Å². The predicted octanol–water partition coefficient (Wildman–Crippen LogP) is 5.09.